The molecule has 1 aromatic heterocycles. The van der Waals surface area contributed by atoms with Crippen molar-refractivity contribution in [3.8, 4) is 11.4 Å². The van der Waals surface area contributed by atoms with Gasteiger partial charge in [-0.25, -0.2) is 4.98 Å². The average Bonchev–Trinajstić information content (AvgIpc) is 2.69. The van der Waals surface area contributed by atoms with E-state index in [-0.39, 0.29) is 0 Å². The van der Waals surface area contributed by atoms with Crippen LogP contribution in [0.1, 0.15) is 5.69 Å². The number of rotatable bonds is 1. The lowest BCUT2D eigenvalue weighted by atomic mass is 10.2. The number of imidazole rings is 1. The van der Waals surface area contributed by atoms with Crippen LogP contribution in [0, 0.1) is 0 Å². The van der Waals surface area contributed by atoms with Gasteiger partial charge >= 0.3 is 0 Å². The van der Waals surface area contributed by atoms with E-state index in [4.69, 9.17) is 11.6 Å². The van der Waals surface area contributed by atoms with E-state index >= 15 is 0 Å². The Bertz CT molecular complexity index is 548. The van der Waals surface area contributed by atoms with Crippen molar-refractivity contribution in [1.82, 2.24) is 14.9 Å². The molecule has 0 saturated carbocycles. The first-order chi connectivity index (χ1) is 8.25. The van der Waals surface area contributed by atoms with E-state index in [1.165, 1.54) is 5.69 Å². The van der Waals surface area contributed by atoms with Crippen LogP contribution < -0.4 is 5.32 Å². The smallest absolute Gasteiger partial charge is 0.141 e. The molecule has 3 rings (SSSR count). The maximum absolute atomic E-state index is 5.90. The van der Waals surface area contributed by atoms with Gasteiger partial charge in [-0.05, 0) is 40.2 Å². The lowest BCUT2D eigenvalue weighted by Gasteiger charge is -2.18. The standard InChI is InChI=1S/C12H11BrClN3/c13-11-10-7-15-5-6-17(10)12(16-11)8-1-3-9(14)4-2-8/h1-4,15H,5-7H2. The molecule has 0 spiro atoms. The second-order valence-corrected chi connectivity index (χ2v) is 5.20. The van der Waals surface area contributed by atoms with Crippen LogP contribution in [0.15, 0.2) is 28.9 Å². The van der Waals surface area contributed by atoms with Crippen LogP contribution in [-0.2, 0) is 13.1 Å². The molecule has 1 aromatic carbocycles. The third kappa shape index (κ3) is 2.01. The molecule has 0 aliphatic carbocycles. The number of fused-ring (bicyclic) bond motifs is 1. The largest absolute Gasteiger partial charge is 0.325 e. The molecule has 5 heteroatoms. The predicted octanol–water partition coefficient (Wildman–Crippen LogP) is 3.07. The van der Waals surface area contributed by atoms with Gasteiger partial charge in [0.1, 0.15) is 10.4 Å². The zero-order valence-corrected chi connectivity index (χ0v) is 11.4. The highest BCUT2D eigenvalue weighted by molar-refractivity contribution is 9.10. The Morgan fingerprint density at radius 1 is 1.29 bits per heavy atom. The van der Waals surface area contributed by atoms with Crippen LogP contribution in [0.2, 0.25) is 5.02 Å². The highest BCUT2D eigenvalue weighted by atomic mass is 79.9. The molecule has 2 heterocycles. The number of hydrogen-bond acceptors (Lipinski definition) is 2. The first-order valence-corrected chi connectivity index (χ1v) is 6.64. The van der Waals surface area contributed by atoms with Gasteiger partial charge in [-0.3, -0.25) is 0 Å². The molecule has 0 fully saturated rings. The third-order valence-corrected chi connectivity index (χ3v) is 3.82. The summed E-state index contributed by atoms with van der Waals surface area (Å²) in [5, 5.41) is 4.09. The Balaban J connectivity index is 2.11. The average molecular weight is 313 g/mol. The minimum atomic E-state index is 0.750. The number of aromatic nitrogens is 2. The van der Waals surface area contributed by atoms with Crippen LogP contribution >= 0.6 is 27.5 Å². The van der Waals surface area contributed by atoms with Gasteiger partial charge in [0, 0.05) is 30.2 Å². The van der Waals surface area contributed by atoms with Crippen LogP contribution in [0.5, 0.6) is 0 Å². The van der Waals surface area contributed by atoms with E-state index in [0.717, 1.165) is 40.6 Å². The van der Waals surface area contributed by atoms with E-state index in [9.17, 15) is 0 Å². The minimum Gasteiger partial charge on any atom is -0.325 e. The second-order valence-electron chi connectivity index (χ2n) is 4.01. The molecule has 0 atom stereocenters. The predicted molar refractivity (Wildman–Crippen MR) is 72.1 cm³/mol. The van der Waals surface area contributed by atoms with Crippen molar-refractivity contribution >= 4 is 27.5 Å². The first kappa shape index (κ1) is 11.3. The number of nitrogens with zero attached hydrogens (tertiary/aromatic N) is 2. The molecule has 0 unspecified atom stereocenters. The molecular formula is C12H11BrClN3. The summed E-state index contributed by atoms with van der Waals surface area (Å²) in [4.78, 5) is 4.59. The van der Waals surface area contributed by atoms with Gasteiger partial charge in [-0.2, -0.15) is 0 Å². The fraction of sp³-hybridized carbons (Fsp3) is 0.250. The number of halogens is 2. The minimum absolute atomic E-state index is 0.750. The van der Waals surface area contributed by atoms with Crippen LogP contribution in [0.25, 0.3) is 11.4 Å². The van der Waals surface area contributed by atoms with Crippen molar-refractivity contribution in [2.45, 2.75) is 13.1 Å². The number of hydrogen-bond donors (Lipinski definition) is 1. The Labute approximate surface area is 113 Å². The Kier molecular flexibility index (Phi) is 2.94. The van der Waals surface area contributed by atoms with Crippen molar-refractivity contribution in [1.29, 1.82) is 0 Å². The van der Waals surface area contributed by atoms with Crippen LogP contribution in [0.3, 0.4) is 0 Å². The molecule has 0 amide bonds. The molecule has 1 N–H and O–H groups in total. The van der Waals surface area contributed by atoms with Gasteiger partial charge in [0.15, 0.2) is 0 Å². The summed E-state index contributed by atoms with van der Waals surface area (Å²) in [6, 6.07) is 7.81. The first-order valence-electron chi connectivity index (χ1n) is 5.47. The van der Waals surface area contributed by atoms with Gasteiger partial charge in [-0.1, -0.05) is 11.6 Å². The summed E-state index contributed by atoms with van der Waals surface area (Å²) in [7, 11) is 0. The Hall–Kier alpha value is -0.840. The molecule has 88 valence electrons. The van der Waals surface area contributed by atoms with Crippen molar-refractivity contribution in [2.75, 3.05) is 6.54 Å². The lowest BCUT2D eigenvalue weighted by molar-refractivity contribution is 0.518. The summed E-state index contributed by atoms with van der Waals surface area (Å²) in [6.07, 6.45) is 0. The topological polar surface area (TPSA) is 29.9 Å². The Morgan fingerprint density at radius 2 is 2.06 bits per heavy atom. The fourth-order valence-electron chi connectivity index (χ4n) is 2.08. The van der Waals surface area contributed by atoms with E-state index in [0.29, 0.717) is 0 Å². The maximum Gasteiger partial charge on any atom is 0.141 e. The SMILES string of the molecule is Clc1ccc(-c2nc(Br)c3n2CCNC3)cc1. The molecule has 0 saturated heterocycles. The molecule has 0 radical (unpaired) electrons. The van der Waals surface area contributed by atoms with E-state index in [1.807, 2.05) is 24.3 Å². The van der Waals surface area contributed by atoms with Gasteiger partial charge in [-0.15, -0.1) is 0 Å². The van der Waals surface area contributed by atoms with E-state index in [2.05, 4.69) is 30.8 Å². The van der Waals surface area contributed by atoms with Gasteiger partial charge in [0.25, 0.3) is 0 Å². The fourth-order valence-corrected chi connectivity index (χ4v) is 2.73. The monoisotopic (exact) mass is 311 g/mol. The molecule has 1 aliphatic heterocycles. The van der Waals surface area contributed by atoms with Crippen molar-refractivity contribution in [3.63, 3.8) is 0 Å². The number of nitrogens with one attached hydrogen (secondary N) is 1. The highest BCUT2D eigenvalue weighted by Crippen LogP contribution is 2.27. The summed E-state index contributed by atoms with van der Waals surface area (Å²) in [6.45, 7) is 2.80. The second kappa shape index (κ2) is 4.44. The van der Waals surface area contributed by atoms with E-state index in [1.54, 1.807) is 0 Å². The van der Waals surface area contributed by atoms with Crippen LogP contribution in [0.4, 0.5) is 0 Å². The van der Waals surface area contributed by atoms with Crippen molar-refractivity contribution in [2.24, 2.45) is 0 Å². The molecular weight excluding hydrogens is 302 g/mol. The zero-order chi connectivity index (χ0) is 11.8. The normalized spacial score (nSPS) is 14.7. The number of benzene rings is 1. The molecule has 17 heavy (non-hydrogen) atoms. The van der Waals surface area contributed by atoms with Gasteiger partial charge in [0.2, 0.25) is 0 Å². The zero-order valence-electron chi connectivity index (χ0n) is 9.08. The highest BCUT2D eigenvalue weighted by Gasteiger charge is 2.18. The summed E-state index contributed by atoms with van der Waals surface area (Å²) < 4.78 is 3.18. The van der Waals surface area contributed by atoms with Gasteiger partial charge in [0.05, 0.1) is 5.69 Å². The van der Waals surface area contributed by atoms with E-state index < -0.39 is 0 Å². The quantitative estimate of drug-likeness (QED) is 0.877. The molecule has 3 nitrogen and oxygen atoms in total. The molecule has 1 aliphatic rings. The molecule has 0 bridgehead atoms. The van der Waals surface area contributed by atoms with Crippen LogP contribution in [-0.4, -0.2) is 16.1 Å². The summed E-state index contributed by atoms with van der Waals surface area (Å²) in [5.41, 5.74) is 2.31. The Morgan fingerprint density at radius 3 is 2.82 bits per heavy atom. The van der Waals surface area contributed by atoms with Crippen molar-refractivity contribution < 1.29 is 0 Å². The molecule has 2 aromatic rings. The van der Waals surface area contributed by atoms with Crippen molar-refractivity contribution in [3.05, 3.63) is 39.6 Å². The maximum atomic E-state index is 5.90. The summed E-state index contributed by atoms with van der Waals surface area (Å²) >= 11 is 9.42. The lowest BCUT2D eigenvalue weighted by Crippen LogP contribution is -2.28. The summed E-state index contributed by atoms with van der Waals surface area (Å²) in [5.74, 6) is 1.00. The van der Waals surface area contributed by atoms with Gasteiger partial charge < -0.3 is 9.88 Å². The third-order valence-electron chi connectivity index (χ3n) is 2.93.